The average molecular weight is 349 g/mol. The van der Waals surface area contributed by atoms with Crippen LogP contribution < -0.4 is 5.14 Å². The Balaban J connectivity index is 3.74. The van der Waals surface area contributed by atoms with Crippen molar-refractivity contribution in [3.63, 3.8) is 0 Å². The lowest BCUT2D eigenvalue weighted by atomic mass is 10.1. The Kier molecular flexibility index (Phi) is 15.3. The molecule has 4 nitrogen and oxygen atoms in total. The van der Waals surface area contributed by atoms with Crippen molar-refractivity contribution in [2.24, 2.45) is 5.14 Å². The number of nitrogens with two attached hydrogens (primary N) is 1. The van der Waals surface area contributed by atoms with Crippen molar-refractivity contribution in [2.75, 3.05) is 13.1 Å². The summed E-state index contributed by atoms with van der Waals surface area (Å²) in [7, 11) is -3.53. The standard InChI is InChI=1S/C18H40N2O2S/c1-3-5-7-9-11-13-15-17-20(23(19,21)22)18-16-14-12-10-8-6-4-2/h3-18H2,1-2H3,(H2,19,21,22). The highest BCUT2D eigenvalue weighted by Crippen LogP contribution is 2.11. The number of hydrogen-bond donors (Lipinski definition) is 1. The number of hydrogen-bond acceptors (Lipinski definition) is 2. The highest BCUT2D eigenvalue weighted by Gasteiger charge is 2.15. The van der Waals surface area contributed by atoms with Crippen LogP contribution in [-0.2, 0) is 10.2 Å². The van der Waals surface area contributed by atoms with Crippen molar-refractivity contribution in [1.29, 1.82) is 0 Å². The fraction of sp³-hybridized carbons (Fsp3) is 1.00. The Labute approximate surface area is 145 Å². The van der Waals surface area contributed by atoms with Gasteiger partial charge in [0.05, 0.1) is 0 Å². The average Bonchev–Trinajstić information content (AvgIpc) is 2.50. The molecule has 140 valence electrons. The summed E-state index contributed by atoms with van der Waals surface area (Å²) in [5.41, 5.74) is 0. The van der Waals surface area contributed by atoms with E-state index in [1.807, 2.05) is 0 Å². The summed E-state index contributed by atoms with van der Waals surface area (Å²) in [6, 6.07) is 0. The number of unbranched alkanes of at least 4 members (excludes halogenated alkanes) is 12. The van der Waals surface area contributed by atoms with E-state index in [0.29, 0.717) is 13.1 Å². The second kappa shape index (κ2) is 15.4. The molecule has 0 aliphatic rings. The summed E-state index contributed by atoms with van der Waals surface area (Å²) in [6.45, 7) is 5.60. The Hall–Kier alpha value is -0.130. The zero-order chi connectivity index (χ0) is 17.4. The highest BCUT2D eigenvalue weighted by atomic mass is 32.2. The molecule has 2 N–H and O–H groups in total. The third-order valence-corrected chi connectivity index (χ3v) is 5.47. The molecule has 0 radical (unpaired) electrons. The van der Waals surface area contributed by atoms with Crippen LogP contribution in [0.15, 0.2) is 0 Å². The zero-order valence-corrected chi connectivity index (χ0v) is 16.4. The molecule has 0 amide bonds. The fourth-order valence-electron chi connectivity index (χ4n) is 2.86. The molecule has 0 fully saturated rings. The predicted octanol–water partition coefficient (Wildman–Crippen LogP) is 4.99. The lowest BCUT2D eigenvalue weighted by molar-refractivity contribution is 0.384. The van der Waals surface area contributed by atoms with E-state index in [1.165, 1.54) is 68.5 Å². The predicted molar refractivity (Wildman–Crippen MR) is 101 cm³/mol. The van der Waals surface area contributed by atoms with E-state index in [9.17, 15) is 8.42 Å². The van der Waals surface area contributed by atoms with Crippen LogP contribution in [0.1, 0.15) is 104 Å². The van der Waals surface area contributed by atoms with Crippen LogP contribution in [0.4, 0.5) is 0 Å². The van der Waals surface area contributed by atoms with Gasteiger partial charge in [-0.15, -0.1) is 0 Å². The maximum absolute atomic E-state index is 11.6. The molecule has 0 bridgehead atoms. The van der Waals surface area contributed by atoms with E-state index < -0.39 is 10.2 Å². The molecule has 0 aliphatic carbocycles. The number of rotatable bonds is 17. The van der Waals surface area contributed by atoms with Crippen LogP contribution in [0.5, 0.6) is 0 Å². The van der Waals surface area contributed by atoms with Gasteiger partial charge < -0.3 is 0 Å². The first kappa shape index (κ1) is 22.9. The molecule has 5 heteroatoms. The molecule has 0 aromatic carbocycles. The molecule has 0 aromatic rings. The van der Waals surface area contributed by atoms with Gasteiger partial charge in [0.2, 0.25) is 0 Å². The van der Waals surface area contributed by atoms with Gasteiger partial charge in [-0.2, -0.15) is 12.7 Å². The van der Waals surface area contributed by atoms with Crippen LogP contribution in [0.2, 0.25) is 0 Å². The van der Waals surface area contributed by atoms with E-state index in [1.54, 1.807) is 0 Å². The van der Waals surface area contributed by atoms with Crippen molar-refractivity contribution in [2.45, 2.75) is 104 Å². The van der Waals surface area contributed by atoms with Gasteiger partial charge in [-0.25, -0.2) is 5.14 Å². The van der Waals surface area contributed by atoms with Gasteiger partial charge in [-0.05, 0) is 12.8 Å². The van der Waals surface area contributed by atoms with E-state index in [4.69, 9.17) is 5.14 Å². The summed E-state index contributed by atoms with van der Waals surface area (Å²) in [5.74, 6) is 0. The van der Waals surface area contributed by atoms with Crippen LogP contribution in [0.25, 0.3) is 0 Å². The maximum Gasteiger partial charge on any atom is 0.276 e. The second-order valence-electron chi connectivity index (χ2n) is 6.69. The van der Waals surface area contributed by atoms with Crippen LogP contribution >= 0.6 is 0 Å². The third kappa shape index (κ3) is 15.2. The molecule has 0 saturated heterocycles. The number of nitrogens with zero attached hydrogens (tertiary/aromatic N) is 1. The third-order valence-electron chi connectivity index (χ3n) is 4.38. The molecular weight excluding hydrogens is 308 g/mol. The normalized spacial score (nSPS) is 12.2. The fourth-order valence-corrected chi connectivity index (χ4v) is 3.62. The van der Waals surface area contributed by atoms with Gasteiger partial charge >= 0.3 is 0 Å². The largest absolute Gasteiger partial charge is 0.276 e. The summed E-state index contributed by atoms with van der Waals surface area (Å²) < 4.78 is 24.8. The van der Waals surface area contributed by atoms with Gasteiger partial charge in [0.15, 0.2) is 0 Å². The van der Waals surface area contributed by atoms with Gasteiger partial charge in [-0.3, -0.25) is 0 Å². The summed E-state index contributed by atoms with van der Waals surface area (Å²) in [4.78, 5) is 0. The van der Waals surface area contributed by atoms with Crippen molar-refractivity contribution in [3.8, 4) is 0 Å². The van der Waals surface area contributed by atoms with Gasteiger partial charge in [0.25, 0.3) is 10.2 Å². The first-order valence-corrected chi connectivity index (χ1v) is 11.3. The van der Waals surface area contributed by atoms with Crippen molar-refractivity contribution in [1.82, 2.24) is 4.31 Å². The topological polar surface area (TPSA) is 63.4 Å². The summed E-state index contributed by atoms with van der Waals surface area (Å²) >= 11 is 0. The SMILES string of the molecule is CCCCCCCCCN(CCCCCCCCC)S(N)(=O)=O. The minimum Gasteiger partial charge on any atom is -0.216 e. The monoisotopic (exact) mass is 348 g/mol. The lowest BCUT2D eigenvalue weighted by Gasteiger charge is -2.19. The van der Waals surface area contributed by atoms with Crippen molar-refractivity contribution in [3.05, 3.63) is 0 Å². The summed E-state index contributed by atoms with van der Waals surface area (Å²) in [5, 5.41) is 5.34. The molecule has 0 unspecified atom stereocenters. The van der Waals surface area contributed by atoms with Crippen molar-refractivity contribution < 1.29 is 8.42 Å². The summed E-state index contributed by atoms with van der Waals surface area (Å²) in [6.07, 6.45) is 16.7. The quantitative estimate of drug-likeness (QED) is 0.376. The molecule has 0 aromatic heterocycles. The van der Waals surface area contributed by atoms with Gasteiger partial charge in [0, 0.05) is 13.1 Å². The first-order valence-electron chi connectivity index (χ1n) is 9.80. The molecule has 0 atom stereocenters. The van der Waals surface area contributed by atoms with E-state index in [0.717, 1.165) is 25.7 Å². The minimum atomic E-state index is -3.53. The van der Waals surface area contributed by atoms with Crippen LogP contribution in [-0.4, -0.2) is 25.8 Å². The molecule has 0 spiro atoms. The smallest absolute Gasteiger partial charge is 0.216 e. The Morgan fingerprint density at radius 1 is 0.609 bits per heavy atom. The molecular formula is C18H40N2O2S. The first-order chi connectivity index (χ1) is 11.0. The molecule has 0 saturated carbocycles. The van der Waals surface area contributed by atoms with Crippen LogP contribution in [0.3, 0.4) is 0 Å². The molecule has 0 aliphatic heterocycles. The maximum atomic E-state index is 11.6. The minimum absolute atomic E-state index is 0.586. The van der Waals surface area contributed by atoms with E-state index >= 15 is 0 Å². The van der Waals surface area contributed by atoms with Crippen LogP contribution in [0, 0.1) is 0 Å². The Morgan fingerprint density at radius 3 is 1.22 bits per heavy atom. The molecule has 0 rings (SSSR count). The van der Waals surface area contributed by atoms with Gasteiger partial charge in [-0.1, -0.05) is 90.9 Å². The zero-order valence-electron chi connectivity index (χ0n) is 15.6. The van der Waals surface area contributed by atoms with E-state index in [2.05, 4.69) is 13.8 Å². The lowest BCUT2D eigenvalue weighted by Crippen LogP contribution is -2.38. The molecule has 23 heavy (non-hydrogen) atoms. The van der Waals surface area contributed by atoms with Gasteiger partial charge in [0.1, 0.15) is 0 Å². The van der Waals surface area contributed by atoms with Crippen molar-refractivity contribution >= 4 is 10.2 Å². The Bertz CT molecular complexity index is 327. The highest BCUT2D eigenvalue weighted by molar-refractivity contribution is 7.86. The Morgan fingerprint density at radius 2 is 0.913 bits per heavy atom. The second-order valence-corrected chi connectivity index (χ2v) is 8.23. The van der Waals surface area contributed by atoms with E-state index in [-0.39, 0.29) is 0 Å². The molecule has 0 heterocycles.